The zero-order valence-corrected chi connectivity index (χ0v) is 26.2. The van der Waals surface area contributed by atoms with Gasteiger partial charge in [0.2, 0.25) is 0 Å². The Labute approximate surface area is 250 Å². The summed E-state index contributed by atoms with van der Waals surface area (Å²) in [7, 11) is 1.58. The molecule has 2 aromatic heterocycles. The average Bonchev–Trinajstić information content (AvgIpc) is 3.38. The lowest BCUT2D eigenvalue weighted by molar-refractivity contribution is -0.139. The van der Waals surface area contributed by atoms with Crippen molar-refractivity contribution in [1.82, 2.24) is 9.13 Å². The van der Waals surface area contributed by atoms with Crippen molar-refractivity contribution in [3.8, 4) is 11.4 Å². The highest BCUT2D eigenvalue weighted by atomic mass is 127. The number of fused-ring (bicyclic) bond motifs is 1. The monoisotopic (exact) mass is 667 g/mol. The second-order valence-corrected chi connectivity index (χ2v) is 11.8. The number of rotatable bonds is 6. The van der Waals surface area contributed by atoms with Crippen LogP contribution in [0, 0.1) is 24.3 Å². The molecule has 0 N–H and O–H groups in total. The standard InChI is InChI=1S/C31H30IN3O4S/c1-7-39-30(37)27-19(4)33-31-35(28(27)23-10-8-9-11-25(23)38-6)29(36)26(40-31)15-21-14-18(3)34(20(21)5)22-13-12-17(2)24(32)16-22/h8-16,28H,7H2,1-6H3/b26-15+/t28-/m1/s1. The fourth-order valence-corrected chi connectivity index (χ4v) is 6.71. The number of methoxy groups -OCH3 is 1. The normalized spacial score (nSPS) is 15.2. The number of hydrogen-bond acceptors (Lipinski definition) is 6. The highest BCUT2D eigenvalue weighted by molar-refractivity contribution is 14.1. The summed E-state index contributed by atoms with van der Waals surface area (Å²) < 4.78 is 16.6. The van der Waals surface area contributed by atoms with Crippen LogP contribution >= 0.6 is 33.9 Å². The molecule has 3 heterocycles. The largest absolute Gasteiger partial charge is 0.496 e. The summed E-state index contributed by atoms with van der Waals surface area (Å²) in [5.74, 6) is 0.0834. The number of aromatic nitrogens is 2. The summed E-state index contributed by atoms with van der Waals surface area (Å²) in [6.45, 7) is 9.98. The van der Waals surface area contributed by atoms with Crippen LogP contribution in [0.3, 0.4) is 0 Å². The first kappa shape index (κ1) is 28.1. The van der Waals surface area contributed by atoms with Gasteiger partial charge in [-0.25, -0.2) is 9.79 Å². The molecule has 0 amide bonds. The minimum absolute atomic E-state index is 0.217. The number of ether oxygens (including phenoxy) is 2. The van der Waals surface area contributed by atoms with Gasteiger partial charge >= 0.3 is 5.97 Å². The Kier molecular flexibility index (Phi) is 7.87. The van der Waals surface area contributed by atoms with E-state index < -0.39 is 12.0 Å². The Morgan fingerprint density at radius 2 is 1.88 bits per heavy atom. The summed E-state index contributed by atoms with van der Waals surface area (Å²) in [4.78, 5) is 32.4. The van der Waals surface area contributed by atoms with Crippen molar-refractivity contribution >= 4 is 46.0 Å². The van der Waals surface area contributed by atoms with Crippen molar-refractivity contribution in [3.63, 3.8) is 0 Å². The lowest BCUT2D eigenvalue weighted by atomic mass is 9.95. The first-order chi connectivity index (χ1) is 19.2. The van der Waals surface area contributed by atoms with Crippen molar-refractivity contribution in [1.29, 1.82) is 0 Å². The maximum absolute atomic E-state index is 14.0. The number of esters is 1. The third-order valence-corrected chi connectivity index (χ3v) is 9.27. The predicted molar refractivity (Wildman–Crippen MR) is 166 cm³/mol. The number of carbonyl (C=O) groups excluding carboxylic acids is 1. The van der Waals surface area contributed by atoms with E-state index in [1.165, 1.54) is 20.5 Å². The summed E-state index contributed by atoms with van der Waals surface area (Å²) in [5.41, 5.74) is 6.70. The molecule has 0 spiro atoms. The number of carbonyl (C=O) groups is 1. The molecule has 0 saturated carbocycles. The molecule has 1 atom stereocenters. The van der Waals surface area contributed by atoms with Crippen LogP contribution in [0.2, 0.25) is 0 Å². The molecule has 40 heavy (non-hydrogen) atoms. The van der Waals surface area contributed by atoms with E-state index in [1.54, 1.807) is 25.5 Å². The van der Waals surface area contributed by atoms with Gasteiger partial charge in [0.1, 0.15) is 11.8 Å². The van der Waals surface area contributed by atoms with E-state index in [0.717, 1.165) is 22.6 Å². The smallest absolute Gasteiger partial charge is 0.338 e. The van der Waals surface area contributed by atoms with Gasteiger partial charge in [0.25, 0.3) is 5.56 Å². The highest BCUT2D eigenvalue weighted by Crippen LogP contribution is 2.35. The van der Waals surface area contributed by atoms with E-state index >= 15 is 0 Å². The minimum Gasteiger partial charge on any atom is -0.496 e. The average molecular weight is 668 g/mol. The van der Waals surface area contributed by atoms with E-state index in [4.69, 9.17) is 9.47 Å². The molecule has 4 aromatic rings. The zero-order chi connectivity index (χ0) is 28.7. The molecule has 0 unspecified atom stereocenters. The van der Waals surface area contributed by atoms with E-state index in [-0.39, 0.29) is 12.2 Å². The molecule has 0 saturated heterocycles. The number of halogens is 1. The SMILES string of the molecule is CCOC(=O)C1=C(C)N=c2s/c(=C/c3cc(C)n(-c4ccc(C)c(I)c4)c3C)c(=O)n2[C@@H]1c1ccccc1OC. The van der Waals surface area contributed by atoms with E-state index in [9.17, 15) is 9.59 Å². The Morgan fingerprint density at radius 1 is 1.12 bits per heavy atom. The summed E-state index contributed by atoms with van der Waals surface area (Å²) in [6.07, 6.45) is 1.92. The van der Waals surface area contributed by atoms with Crippen molar-refractivity contribution < 1.29 is 14.3 Å². The Bertz CT molecular complexity index is 1860. The lowest BCUT2D eigenvalue weighted by Crippen LogP contribution is -2.40. The Hall–Kier alpha value is -3.44. The molecular formula is C31H30IN3O4S. The van der Waals surface area contributed by atoms with Crippen molar-refractivity contribution in [2.24, 2.45) is 4.99 Å². The van der Waals surface area contributed by atoms with Gasteiger partial charge in [0.15, 0.2) is 4.80 Å². The molecular weight excluding hydrogens is 637 g/mol. The first-order valence-electron chi connectivity index (χ1n) is 12.9. The topological polar surface area (TPSA) is 74.8 Å². The molecule has 0 bridgehead atoms. The number of nitrogens with zero attached hydrogens (tertiary/aromatic N) is 3. The maximum atomic E-state index is 14.0. The van der Waals surface area contributed by atoms with Crippen LogP contribution in [-0.2, 0) is 9.53 Å². The van der Waals surface area contributed by atoms with Crippen LogP contribution in [0.1, 0.15) is 48.0 Å². The van der Waals surface area contributed by atoms with E-state index in [0.29, 0.717) is 31.9 Å². The third kappa shape index (κ3) is 4.85. The molecule has 0 radical (unpaired) electrons. The molecule has 0 aliphatic carbocycles. The van der Waals surface area contributed by atoms with Gasteiger partial charge in [-0.1, -0.05) is 35.6 Å². The molecule has 1 aliphatic heterocycles. The van der Waals surface area contributed by atoms with Gasteiger partial charge in [-0.3, -0.25) is 9.36 Å². The minimum atomic E-state index is -0.726. The van der Waals surface area contributed by atoms with Crippen LogP contribution < -0.4 is 19.6 Å². The maximum Gasteiger partial charge on any atom is 0.338 e. The molecule has 206 valence electrons. The summed E-state index contributed by atoms with van der Waals surface area (Å²) in [6, 6.07) is 15.2. The van der Waals surface area contributed by atoms with Gasteiger partial charge in [-0.15, -0.1) is 0 Å². The number of para-hydroxylation sites is 1. The molecule has 2 aromatic carbocycles. The van der Waals surface area contributed by atoms with Gasteiger partial charge in [0.05, 0.1) is 29.5 Å². The van der Waals surface area contributed by atoms with Gasteiger partial charge in [-0.2, -0.15) is 0 Å². The fraction of sp³-hybridized carbons (Fsp3) is 0.258. The third-order valence-electron chi connectivity index (χ3n) is 7.12. The molecule has 0 fully saturated rings. The Morgan fingerprint density at radius 3 is 2.58 bits per heavy atom. The molecule has 9 heteroatoms. The number of benzene rings is 2. The lowest BCUT2D eigenvalue weighted by Gasteiger charge is -2.25. The Balaban J connectivity index is 1.71. The molecule has 5 rings (SSSR count). The number of aryl methyl sites for hydroxylation is 2. The quantitative estimate of drug-likeness (QED) is 0.211. The zero-order valence-electron chi connectivity index (χ0n) is 23.2. The van der Waals surface area contributed by atoms with Gasteiger partial charge in [0, 0.05) is 26.2 Å². The van der Waals surface area contributed by atoms with Crippen LogP contribution in [0.4, 0.5) is 0 Å². The summed E-state index contributed by atoms with van der Waals surface area (Å²) in [5, 5.41) is 0. The summed E-state index contributed by atoms with van der Waals surface area (Å²) >= 11 is 3.67. The number of allylic oxidation sites excluding steroid dienone is 1. The predicted octanol–water partition coefficient (Wildman–Crippen LogP) is 5.13. The van der Waals surface area contributed by atoms with Crippen LogP contribution in [0.25, 0.3) is 11.8 Å². The van der Waals surface area contributed by atoms with Crippen LogP contribution in [0.15, 0.2) is 69.6 Å². The van der Waals surface area contributed by atoms with Gasteiger partial charge < -0.3 is 14.0 Å². The van der Waals surface area contributed by atoms with E-state index in [2.05, 4.69) is 77.2 Å². The van der Waals surface area contributed by atoms with Crippen LogP contribution in [0.5, 0.6) is 5.75 Å². The van der Waals surface area contributed by atoms with Crippen molar-refractivity contribution in [3.05, 3.63) is 111 Å². The van der Waals surface area contributed by atoms with E-state index in [1.807, 2.05) is 30.3 Å². The number of thiazole rings is 1. The molecule has 7 nitrogen and oxygen atoms in total. The molecule has 1 aliphatic rings. The van der Waals surface area contributed by atoms with Gasteiger partial charge in [-0.05, 0) is 98.7 Å². The van der Waals surface area contributed by atoms with Crippen molar-refractivity contribution in [2.75, 3.05) is 13.7 Å². The fourth-order valence-electron chi connectivity index (χ4n) is 5.17. The first-order valence-corrected chi connectivity index (χ1v) is 14.8. The highest BCUT2D eigenvalue weighted by Gasteiger charge is 2.35. The van der Waals surface area contributed by atoms with Crippen molar-refractivity contribution in [2.45, 2.75) is 40.7 Å². The second kappa shape index (κ2) is 11.2. The number of hydrogen-bond donors (Lipinski definition) is 0. The second-order valence-electron chi connectivity index (χ2n) is 9.64. The van der Waals surface area contributed by atoms with Crippen LogP contribution in [-0.4, -0.2) is 28.8 Å².